The predicted octanol–water partition coefficient (Wildman–Crippen LogP) is 3.91. The highest BCUT2D eigenvalue weighted by Gasteiger charge is 2.49. The molecule has 144 valence electrons. The summed E-state index contributed by atoms with van der Waals surface area (Å²) in [5.74, 6) is -3.15. The lowest BCUT2D eigenvalue weighted by atomic mass is 9.77. The Kier molecular flexibility index (Phi) is 3.69. The Morgan fingerprint density at radius 1 is 1.36 bits per heavy atom. The van der Waals surface area contributed by atoms with Gasteiger partial charge in [0.2, 0.25) is 5.92 Å². The van der Waals surface area contributed by atoms with Gasteiger partial charge in [-0.25, -0.2) is 18.7 Å². The maximum atomic E-state index is 13.2. The van der Waals surface area contributed by atoms with Crippen LogP contribution in [0.5, 0.6) is 0 Å². The summed E-state index contributed by atoms with van der Waals surface area (Å²) in [6.45, 7) is 0. The number of hydrogen-bond donors (Lipinski definition) is 2. The molecule has 1 saturated carbocycles. The predicted molar refractivity (Wildman–Crippen MR) is 104 cm³/mol. The fraction of sp³-hybridized carbons (Fsp3) is 0.316. The van der Waals surface area contributed by atoms with E-state index in [-0.39, 0.29) is 12.8 Å². The Bertz CT molecular complexity index is 1210. The molecule has 0 unspecified atom stereocenters. The van der Waals surface area contributed by atoms with Crippen LogP contribution < -0.4 is 5.73 Å². The second-order valence-electron chi connectivity index (χ2n) is 7.34. The number of rotatable bonds is 3. The Morgan fingerprint density at radius 3 is 2.89 bits per heavy atom. The fourth-order valence-electron chi connectivity index (χ4n) is 3.71. The first-order valence-corrected chi connectivity index (χ1v) is 9.67. The highest BCUT2D eigenvalue weighted by Crippen LogP contribution is 2.51. The molecule has 0 aromatic carbocycles. The summed E-state index contributed by atoms with van der Waals surface area (Å²) in [6.07, 6.45) is 1.99. The largest absolute Gasteiger partial charge is 0.397 e. The number of nitrogen functional groups attached to an aromatic ring is 1. The van der Waals surface area contributed by atoms with Crippen molar-refractivity contribution in [2.45, 2.75) is 24.9 Å². The molecule has 9 heteroatoms. The molecule has 1 atom stereocenters. The number of alkyl halides is 2. The third-order valence-electron chi connectivity index (χ3n) is 5.23. The molecule has 0 spiro atoms. The first-order chi connectivity index (χ1) is 13.3. The Labute approximate surface area is 162 Å². The molecule has 1 aliphatic carbocycles. The summed E-state index contributed by atoms with van der Waals surface area (Å²) in [5, 5.41) is 16.4. The van der Waals surface area contributed by atoms with Crippen molar-refractivity contribution in [1.29, 1.82) is 0 Å². The van der Waals surface area contributed by atoms with Gasteiger partial charge in [-0.1, -0.05) is 0 Å². The van der Waals surface area contributed by atoms with E-state index in [1.54, 1.807) is 10.9 Å². The lowest BCUT2D eigenvalue weighted by Crippen LogP contribution is -2.38. The zero-order valence-corrected chi connectivity index (χ0v) is 15.7. The number of aryl methyl sites for hydroxylation is 1. The van der Waals surface area contributed by atoms with Crippen LogP contribution in [0.2, 0.25) is 0 Å². The average Bonchev–Trinajstić information content (AvgIpc) is 3.17. The van der Waals surface area contributed by atoms with Crippen LogP contribution in [0.25, 0.3) is 32.5 Å². The number of nitrogens with zero attached hydrogens (tertiary/aromatic N) is 4. The number of anilines is 1. The van der Waals surface area contributed by atoms with Gasteiger partial charge in [0.25, 0.3) is 0 Å². The first-order valence-electron chi connectivity index (χ1n) is 8.85. The Hall–Kier alpha value is -2.65. The normalized spacial score (nSPS) is 17.9. The fourth-order valence-corrected chi connectivity index (χ4v) is 4.89. The van der Waals surface area contributed by atoms with Crippen molar-refractivity contribution < 1.29 is 13.9 Å². The number of aliphatic hydroxyl groups excluding tert-OH is 1. The highest BCUT2D eigenvalue weighted by atomic mass is 32.1. The quantitative estimate of drug-likeness (QED) is 0.543. The number of nitrogens with two attached hydrogens (primary N) is 1. The molecular formula is C19H17F2N5OS. The van der Waals surface area contributed by atoms with Crippen molar-refractivity contribution in [1.82, 2.24) is 19.7 Å². The van der Waals surface area contributed by atoms with Crippen LogP contribution in [0, 0.1) is 5.92 Å². The maximum absolute atomic E-state index is 13.2. The van der Waals surface area contributed by atoms with Gasteiger partial charge < -0.3 is 10.8 Å². The van der Waals surface area contributed by atoms with Crippen molar-refractivity contribution >= 4 is 38.3 Å². The molecule has 4 aromatic heterocycles. The van der Waals surface area contributed by atoms with Gasteiger partial charge in [-0.15, -0.1) is 11.3 Å². The molecule has 4 heterocycles. The smallest absolute Gasteiger partial charge is 0.248 e. The minimum absolute atomic E-state index is 0.308. The van der Waals surface area contributed by atoms with Crippen LogP contribution in [-0.4, -0.2) is 30.8 Å². The third kappa shape index (κ3) is 2.73. The molecule has 0 radical (unpaired) electrons. The van der Waals surface area contributed by atoms with Crippen molar-refractivity contribution in [3.05, 3.63) is 35.5 Å². The van der Waals surface area contributed by atoms with E-state index < -0.39 is 17.9 Å². The van der Waals surface area contributed by atoms with E-state index in [0.717, 1.165) is 22.0 Å². The van der Waals surface area contributed by atoms with Gasteiger partial charge in [0.05, 0.1) is 22.4 Å². The molecule has 0 aliphatic heterocycles. The van der Waals surface area contributed by atoms with Gasteiger partial charge in [0, 0.05) is 54.5 Å². The second kappa shape index (κ2) is 5.92. The molecule has 3 N–H and O–H groups in total. The molecule has 1 aliphatic rings. The lowest BCUT2D eigenvalue weighted by Gasteiger charge is -2.37. The number of hydrogen-bond acceptors (Lipinski definition) is 6. The summed E-state index contributed by atoms with van der Waals surface area (Å²) in [6, 6.07) is 5.66. The molecule has 5 rings (SSSR count). The monoisotopic (exact) mass is 401 g/mol. The van der Waals surface area contributed by atoms with Crippen molar-refractivity contribution in [3.8, 4) is 11.3 Å². The molecule has 28 heavy (non-hydrogen) atoms. The average molecular weight is 401 g/mol. The van der Waals surface area contributed by atoms with E-state index in [2.05, 4.69) is 15.1 Å². The number of aliphatic hydroxyl groups is 1. The van der Waals surface area contributed by atoms with E-state index in [0.29, 0.717) is 21.0 Å². The molecule has 1 fully saturated rings. The molecule has 0 amide bonds. The van der Waals surface area contributed by atoms with Gasteiger partial charge in [0.1, 0.15) is 4.83 Å². The topological polar surface area (TPSA) is 89.8 Å². The summed E-state index contributed by atoms with van der Waals surface area (Å²) in [5.41, 5.74) is 8.84. The van der Waals surface area contributed by atoms with Gasteiger partial charge in [0.15, 0.2) is 5.65 Å². The summed E-state index contributed by atoms with van der Waals surface area (Å²) >= 11 is 1.26. The minimum atomic E-state index is -2.68. The van der Waals surface area contributed by atoms with Gasteiger partial charge in [-0.05, 0) is 18.2 Å². The van der Waals surface area contributed by atoms with Crippen molar-refractivity contribution in [3.63, 3.8) is 0 Å². The summed E-state index contributed by atoms with van der Waals surface area (Å²) < 4.78 is 28.0. The van der Waals surface area contributed by atoms with Gasteiger partial charge in [-0.2, -0.15) is 5.10 Å². The van der Waals surface area contributed by atoms with Crippen molar-refractivity contribution in [2.24, 2.45) is 13.0 Å². The maximum Gasteiger partial charge on any atom is 0.248 e. The van der Waals surface area contributed by atoms with E-state index in [1.807, 2.05) is 31.4 Å². The number of thiophene rings is 1. The van der Waals surface area contributed by atoms with Crippen LogP contribution in [0.3, 0.4) is 0 Å². The molecule has 6 nitrogen and oxygen atoms in total. The van der Waals surface area contributed by atoms with Gasteiger partial charge in [-0.3, -0.25) is 4.68 Å². The number of halogens is 2. The zero-order valence-electron chi connectivity index (χ0n) is 14.9. The molecule has 0 saturated heterocycles. The molecule has 0 bridgehead atoms. The highest BCUT2D eigenvalue weighted by molar-refractivity contribution is 7.19. The summed E-state index contributed by atoms with van der Waals surface area (Å²) in [7, 11) is 1.84. The minimum Gasteiger partial charge on any atom is -0.397 e. The third-order valence-corrected chi connectivity index (χ3v) is 6.41. The first kappa shape index (κ1) is 17.4. The Balaban J connectivity index is 1.52. The Morgan fingerprint density at radius 2 is 2.14 bits per heavy atom. The van der Waals surface area contributed by atoms with E-state index in [9.17, 15) is 13.9 Å². The standard InChI is InChI=1S/C19H17F2N5OS/c1-26-8-10-4-9(7-23-17(10)25-26)13-3-2-12-14(22)16(28-18(12)24-13)15(27)11-5-19(20,21)6-11/h2-4,7-8,11,15,27H,5-6,22H2,1H3/t15-/m1/s1. The van der Waals surface area contributed by atoms with Gasteiger partial charge >= 0.3 is 0 Å². The van der Waals surface area contributed by atoms with Crippen LogP contribution in [0.4, 0.5) is 14.5 Å². The van der Waals surface area contributed by atoms with Crippen LogP contribution >= 0.6 is 11.3 Å². The van der Waals surface area contributed by atoms with E-state index in [4.69, 9.17) is 5.73 Å². The molecular weight excluding hydrogens is 384 g/mol. The van der Waals surface area contributed by atoms with Crippen LogP contribution in [0.15, 0.2) is 30.6 Å². The summed E-state index contributed by atoms with van der Waals surface area (Å²) in [4.78, 5) is 10.2. The number of pyridine rings is 2. The lowest BCUT2D eigenvalue weighted by molar-refractivity contribution is -0.141. The number of fused-ring (bicyclic) bond motifs is 2. The van der Waals surface area contributed by atoms with Crippen molar-refractivity contribution in [2.75, 3.05) is 5.73 Å². The van der Waals surface area contributed by atoms with Crippen LogP contribution in [-0.2, 0) is 7.05 Å². The second-order valence-corrected chi connectivity index (χ2v) is 8.37. The van der Waals surface area contributed by atoms with E-state index in [1.165, 1.54) is 11.3 Å². The SMILES string of the molecule is Cn1cc2cc(-c3ccc4c(N)c([C@H](O)C5CC(F)(F)C5)sc4n3)cnc2n1. The van der Waals surface area contributed by atoms with E-state index >= 15 is 0 Å². The molecule has 4 aromatic rings. The number of aromatic nitrogens is 4. The zero-order chi connectivity index (χ0) is 19.6. The van der Waals surface area contributed by atoms with Crippen LogP contribution in [0.1, 0.15) is 23.8 Å².